The average Bonchev–Trinajstić information content (AvgIpc) is 2.28. The zero-order chi connectivity index (χ0) is 13.0. The molecule has 0 aliphatic rings. The number of esters is 1. The summed E-state index contributed by atoms with van der Waals surface area (Å²) in [5.41, 5.74) is -0.799. The van der Waals surface area contributed by atoms with Crippen LogP contribution in [-0.4, -0.2) is 17.5 Å². The number of nitro benzene ring substituents is 1. The van der Waals surface area contributed by atoms with Gasteiger partial charge in [0.15, 0.2) is 0 Å². The Balaban J connectivity index is 3.35. The van der Waals surface area contributed by atoms with E-state index in [1.165, 1.54) is 0 Å². The number of benzene rings is 1. The highest BCUT2D eigenvalue weighted by Crippen LogP contribution is 2.27. The molecule has 0 saturated heterocycles. The molecule has 0 N–H and O–H groups in total. The fourth-order valence-electron chi connectivity index (χ4n) is 1.17. The summed E-state index contributed by atoms with van der Waals surface area (Å²) in [6.07, 6.45) is 0. The summed E-state index contributed by atoms with van der Waals surface area (Å²) in [5, 5.41) is 19.3. The molecule has 0 aliphatic carbocycles. The van der Waals surface area contributed by atoms with E-state index in [1.807, 2.05) is 0 Å². The number of hydrogen-bond donors (Lipinski definition) is 0. The molecule has 88 valence electrons. The van der Waals surface area contributed by atoms with Crippen molar-refractivity contribution in [1.82, 2.24) is 0 Å². The summed E-state index contributed by atoms with van der Waals surface area (Å²) in [6.45, 7) is 1.73. The summed E-state index contributed by atoms with van der Waals surface area (Å²) in [6, 6.07) is 3.66. The molecule has 0 atom stereocenters. The Bertz CT molecular complexity index is 522. The van der Waals surface area contributed by atoms with Crippen LogP contribution >= 0.6 is 11.6 Å². The largest absolute Gasteiger partial charge is 0.462 e. The van der Waals surface area contributed by atoms with Crippen LogP contribution in [0.1, 0.15) is 22.8 Å². The van der Waals surface area contributed by atoms with Gasteiger partial charge in [0.1, 0.15) is 11.6 Å². The SMILES string of the molecule is CCOC(=O)c1cc([N+](=O)[O-])c(C#N)cc1Cl. The van der Waals surface area contributed by atoms with Crippen molar-refractivity contribution in [3.05, 3.63) is 38.4 Å². The number of rotatable bonds is 3. The highest BCUT2D eigenvalue weighted by molar-refractivity contribution is 6.33. The zero-order valence-corrected chi connectivity index (χ0v) is 9.52. The fourth-order valence-corrected chi connectivity index (χ4v) is 1.41. The predicted octanol–water partition coefficient (Wildman–Crippen LogP) is 2.30. The van der Waals surface area contributed by atoms with Gasteiger partial charge < -0.3 is 4.74 Å². The van der Waals surface area contributed by atoms with E-state index in [2.05, 4.69) is 4.74 Å². The monoisotopic (exact) mass is 254 g/mol. The van der Waals surface area contributed by atoms with Crippen LogP contribution in [0.2, 0.25) is 5.02 Å². The summed E-state index contributed by atoms with van der Waals surface area (Å²) < 4.78 is 4.69. The minimum atomic E-state index is -0.759. The molecule has 0 unspecified atom stereocenters. The maximum atomic E-state index is 11.4. The lowest BCUT2D eigenvalue weighted by Gasteiger charge is -2.04. The Morgan fingerprint density at radius 3 is 2.76 bits per heavy atom. The van der Waals surface area contributed by atoms with Crippen molar-refractivity contribution in [2.45, 2.75) is 6.92 Å². The van der Waals surface area contributed by atoms with Gasteiger partial charge in [-0.25, -0.2) is 4.79 Å². The molecule has 0 radical (unpaired) electrons. The van der Waals surface area contributed by atoms with Gasteiger partial charge in [0.2, 0.25) is 0 Å². The lowest BCUT2D eigenvalue weighted by atomic mass is 10.1. The number of hydrogen-bond acceptors (Lipinski definition) is 5. The van der Waals surface area contributed by atoms with Gasteiger partial charge in [0.05, 0.1) is 22.1 Å². The molecule has 6 nitrogen and oxygen atoms in total. The standard InChI is InChI=1S/C10H7ClN2O4/c1-2-17-10(14)7-4-9(13(15)16)6(5-12)3-8(7)11/h3-4H,2H2,1H3. The summed E-state index contributed by atoms with van der Waals surface area (Å²) >= 11 is 5.74. The first-order chi connectivity index (χ1) is 8.01. The number of halogens is 1. The van der Waals surface area contributed by atoms with Gasteiger partial charge in [-0.05, 0) is 13.0 Å². The van der Waals surface area contributed by atoms with Crippen LogP contribution in [0.4, 0.5) is 5.69 Å². The van der Waals surface area contributed by atoms with Crippen LogP contribution in [0.3, 0.4) is 0 Å². The molecule has 7 heteroatoms. The second kappa shape index (κ2) is 5.27. The van der Waals surface area contributed by atoms with Crippen LogP contribution in [0.5, 0.6) is 0 Å². The molecule has 0 bridgehead atoms. The van der Waals surface area contributed by atoms with Gasteiger partial charge in [-0.3, -0.25) is 10.1 Å². The first kappa shape index (κ1) is 12.9. The van der Waals surface area contributed by atoms with E-state index >= 15 is 0 Å². The highest BCUT2D eigenvalue weighted by atomic mass is 35.5. The van der Waals surface area contributed by atoms with Gasteiger partial charge in [0, 0.05) is 6.07 Å². The number of nitrogens with zero attached hydrogens (tertiary/aromatic N) is 2. The molecule has 0 fully saturated rings. The second-order valence-electron chi connectivity index (χ2n) is 2.94. The quantitative estimate of drug-likeness (QED) is 0.469. The molecule has 0 aromatic heterocycles. The smallest absolute Gasteiger partial charge is 0.339 e. The number of carbonyl (C=O) groups is 1. The van der Waals surface area contributed by atoms with E-state index in [0.717, 1.165) is 12.1 Å². The van der Waals surface area contributed by atoms with Crippen molar-refractivity contribution in [3.63, 3.8) is 0 Å². The minimum Gasteiger partial charge on any atom is -0.462 e. The van der Waals surface area contributed by atoms with E-state index in [-0.39, 0.29) is 22.8 Å². The Hall–Kier alpha value is -2.13. The maximum Gasteiger partial charge on any atom is 0.339 e. The molecule has 17 heavy (non-hydrogen) atoms. The van der Waals surface area contributed by atoms with Crippen molar-refractivity contribution in [1.29, 1.82) is 5.26 Å². The van der Waals surface area contributed by atoms with E-state index in [1.54, 1.807) is 13.0 Å². The molecule has 1 rings (SSSR count). The van der Waals surface area contributed by atoms with Crippen LogP contribution in [0.15, 0.2) is 12.1 Å². The molecule has 1 aromatic rings. The first-order valence-electron chi connectivity index (χ1n) is 4.56. The second-order valence-corrected chi connectivity index (χ2v) is 3.35. The van der Waals surface area contributed by atoms with E-state index < -0.39 is 16.6 Å². The molecule has 0 heterocycles. The van der Waals surface area contributed by atoms with E-state index in [0.29, 0.717) is 0 Å². The maximum absolute atomic E-state index is 11.4. The Kier molecular flexibility index (Phi) is 4.01. The van der Waals surface area contributed by atoms with Gasteiger partial charge in [-0.2, -0.15) is 5.26 Å². The third-order valence-corrected chi connectivity index (χ3v) is 2.21. The number of ether oxygens (including phenoxy) is 1. The number of nitriles is 1. The summed E-state index contributed by atoms with van der Waals surface area (Å²) in [4.78, 5) is 21.4. The van der Waals surface area contributed by atoms with Crippen molar-refractivity contribution in [3.8, 4) is 6.07 Å². The number of carbonyl (C=O) groups excluding carboxylic acids is 1. The first-order valence-corrected chi connectivity index (χ1v) is 4.94. The van der Waals surface area contributed by atoms with Crippen LogP contribution in [0.25, 0.3) is 0 Å². The van der Waals surface area contributed by atoms with Crippen LogP contribution < -0.4 is 0 Å². The van der Waals surface area contributed by atoms with Gasteiger partial charge >= 0.3 is 5.97 Å². The normalized spacial score (nSPS) is 9.47. The van der Waals surface area contributed by atoms with Crippen molar-refractivity contribution >= 4 is 23.3 Å². The fraction of sp³-hybridized carbons (Fsp3) is 0.200. The third-order valence-electron chi connectivity index (χ3n) is 1.90. The lowest BCUT2D eigenvalue weighted by molar-refractivity contribution is -0.385. The van der Waals surface area contributed by atoms with E-state index in [4.69, 9.17) is 16.9 Å². The van der Waals surface area contributed by atoms with Crippen molar-refractivity contribution in [2.75, 3.05) is 6.61 Å². The Labute approximate surface area is 102 Å². The minimum absolute atomic E-state index is 0.0504. The topological polar surface area (TPSA) is 93.2 Å². The lowest BCUT2D eigenvalue weighted by Crippen LogP contribution is -2.07. The van der Waals surface area contributed by atoms with Crippen molar-refractivity contribution < 1.29 is 14.5 Å². The van der Waals surface area contributed by atoms with E-state index in [9.17, 15) is 14.9 Å². The predicted molar refractivity (Wildman–Crippen MR) is 58.8 cm³/mol. The molecule has 1 aromatic carbocycles. The molecule has 0 spiro atoms. The molecular formula is C10H7ClN2O4. The summed E-state index contributed by atoms with van der Waals surface area (Å²) in [7, 11) is 0. The highest BCUT2D eigenvalue weighted by Gasteiger charge is 2.21. The zero-order valence-electron chi connectivity index (χ0n) is 8.77. The molecule has 0 amide bonds. The molecular weight excluding hydrogens is 248 g/mol. The van der Waals surface area contributed by atoms with Gasteiger partial charge in [-0.1, -0.05) is 11.6 Å². The van der Waals surface area contributed by atoms with Gasteiger partial charge in [-0.15, -0.1) is 0 Å². The summed E-state index contributed by atoms with van der Waals surface area (Å²) in [5.74, 6) is -0.759. The van der Waals surface area contributed by atoms with Crippen molar-refractivity contribution in [2.24, 2.45) is 0 Å². The number of nitro groups is 1. The molecule has 0 aliphatic heterocycles. The van der Waals surface area contributed by atoms with Crippen LogP contribution in [-0.2, 0) is 4.74 Å². The van der Waals surface area contributed by atoms with Gasteiger partial charge in [0.25, 0.3) is 5.69 Å². The molecule has 0 saturated carbocycles. The Morgan fingerprint density at radius 1 is 1.65 bits per heavy atom. The Morgan fingerprint density at radius 2 is 2.29 bits per heavy atom. The van der Waals surface area contributed by atoms with Crippen LogP contribution in [0, 0.1) is 21.4 Å². The average molecular weight is 255 g/mol. The third kappa shape index (κ3) is 2.71.